The topological polar surface area (TPSA) is 52.0 Å². The van der Waals surface area contributed by atoms with Crippen LogP contribution in [0.3, 0.4) is 0 Å². The Morgan fingerprint density at radius 3 is 1.11 bits per heavy atom. The van der Waals surface area contributed by atoms with Gasteiger partial charge in [-0.25, -0.2) is 0 Å². The van der Waals surface area contributed by atoms with E-state index in [1.165, 1.54) is 22.3 Å². The average molecular weight is 254 g/mol. The fourth-order valence-electron chi connectivity index (χ4n) is 2.59. The predicted octanol–water partition coefficient (Wildman–Crippen LogP) is 3.04. The minimum Gasteiger partial charge on any atom is -0.306 e. The van der Waals surface area contributed by atoms with Crippen molar-refractivity contribution in [2.75, 3.05) is 0 Å². The van der Waals surface area contributed by atoms with E-state index in [0.717, 1.165) is 11.1 Å². The van der Waals surface area contributed by atoms with E-state index in [4.69, 9.17) is 11.5 Å². The number of benzene rings is 2. The summed E-state index contributed by atoms with van der Waals surface area (Å²) in [5.74, 6) is 0. The van der Waals surface area contributed by atoms with E-state index in [9.17, 15) is 0 Å². The molecule has 0 saturated carbocycles. The number of hydrogen-bond donors (Lipinski definition) is 2. The zero-order valence-corrected chi connectivity index (χ0v) is 12.1. The van der Waals surface area contributed by atoms with E-state index >= 15 is 0 Å². The van der Waals surface area contributed by atoms with Crippen molar-refractivity contribution in [2.24, 2.45) is 11.5 Å². The first-order chi connectivity index (χ1) is 8.79. The summed E-state index contributed by atoms with van der Waals surface area (Å²) in [6, 6.07) is 12.5. The number of hydrogen-bond acceptors (Lipinski definition) is 2. The standard InChI is InChI=1S/C17H22N2/c1-11-5-12(2)8-15(7-11)17(18,19)16-9-13(3)6-14(4)10-16/h5-10H,18-19H2,1-4H3. The molecule has 0 spiro atoms. The molecule has 0 aliphatic heterocycles. The van der Waals surface area contributed by atoms with Gasteiger partial charge in [-0.05, 0) is 38.8 Å². The molecule has 0 atom stereocenters. The molecule has 0 aromatic heterocycles. The van der Waals surface area contributed by atoms with E-state index in [0.29, 0.717) is 0 Å². The van der Waals surface area contributed by atoms with Gasteiger partial charge in [-0.15, -0.1) is 0 Å². The smallest absolute Gasteiger partial charge is 0.116 e. The summed E-state index contributed by atoms with van der Waals surface area (Å²) in [7, 11) is 0. The maximum atomic E-state index is 6.41. The highest BCUT2D eigenvalue weighted by Crippen LogP contribution is 2.25. The van der Waals surface area contributed by atoms with Crippen LogP contribution in [0.1, 0.15) is 33.4 Å². The van der Waals surface area contributed by atoms with Gasteiger partial charge >= 0.3 is 0 Å². The molecule has 0 heterocycles. The van der Waals surface area contributed by atoms with Crippen LogP contribution in [0.4, 0.5) is 0 Å². The average Bonchev–Trinajstić information content (AvgIpc) is 2.26. The first-order valence-corrected chi connectivity index (χ1v) is 6.54. The number of rotatable bonds is 2. The molecule has 2 aromatic carbocycles. The van der Waals surface area contributed by atoms with E-state index in [1.807, 2.05) is 0 Å². The monoisotopic (exact) mass is 254 g/mol. The van der Waals surface area contributed by atoms with Crippen LogP contribution in [-0.4, -0.2) is 0 Å². The van der Waals surface area contributed by atoms with Crippen LogP contribution in [0.15, 0.2) is 36.4 Å². The maximum Gasteiger partial charge on any atom is 0.116 e. The van der Waals surface area contributed by atoms with Gasteiger partial charge in [0.1, 0.15) is 5.66 Å². The molecule has 2 rings (SSSR count). The third-order valence-corrected chi connectivity index (χ3v) is 3.40. The highest BCUT2D eigenvalue weighted by Gasteiger charge is 2.25. The Labute approximate surface area is 115 Å². The van der Waals surface area contributed by atoms with Crippen molar-refractivity contribution in [3.8, 4) is 0 Å². The Balaban J connectivity index is 2.57. The highest BCUT2D eigenvalue weighted by atomic mass is 15.0. The van der Waals surface area contributed by atoms with Crippen molar-refractivity contribution >= 4 is 0 Å². The fraction of sp³-hybridized carbons (Fsp3) is 0.294. The molecular weight excluding hydrogens is 232 g/mol. The van der Waals surface area contributed by atoms with Gasteiger partial charge < -0.3 is 11.5 Å². The van der Waals surface area contributed by atoms with Crippen molar-refractivity contribution in [2.45, 2.75) is 33.4 Å². The van der Waals surface area contributed by atoms with E-state index < -0.39 is 5.66 Å². The summed E-state index contributed by atoms with van der Waals surface area (Å²) < 4.78 is 0. The maximum absolute atomic E-state index is 6.41. The van der Waals surface area contributed by atoms with Crippen LogP contribution in [0.2, 0.25) is 0 Å². The highest BCUT2D eigenvalue weighted by molar-refractivity contribution is 5.43. The second kappa shape index (κ2) is 4.80. The third kappa shape index (κ3) is 2.86. The van der Waals surface area contributed by atoms with E-state index in [2.05, 4.69) is 64.1 Å². The zero-order chi connectivity index (χ0) is 14.2. The number of aryl methyl sites for hydroxylation is 4. The Morgan fingerprint density at radius 1 is 0.579 bits per heavy atom. The van der Waals surface area contributed by atoms with Crippen LogP contribution < -0.4 is 11.5 Å². The van der Waals surface area contributed by atoms with Crippen LogP contribution in [0.25, 0.3) is 0 Å². The lowest BCUT2D eigenvalue weighted by atomic mass is 9.89. The molecule has 0 bridgehead atoms. The molecule has 2 heteroatoms. The van der Waals surface area contributed by atoms with E-state index in [-0.39, 0.29) is 0 Å². The van der Waals surface area contributed by atoms with E-state index in [1.54, 1.807) is 0 Å². The molecule has 19 heavy (non-hydrogen) atoms. The lowest BCUT2D eigenvalue weighted by molar-refractivity contribution is 0.565. The molecule has 0 radical (unpaired) electrons. The molecule has 0 saturated heterocycles. The second-order valence-electron chi connectivity index (χ2n) is 5.62. The van der Waals surface area contributed by atoms with Gasteiger partial charge in [0.2, 0.25) is 0 Å². The molecule has 0 aliphatic carbocycles. The van der Waals surface area contributed by atoms with Crippen molar-refractivity contribution in [3.63, 3.8) is 0 Å². The fourth-order valence-corrected chi connectivity index (χ4v) is 2.59. The Morgan fingerprint density at radius 2 is 0.842 bits per heavy atom. The Bertz CT molecular complexity index is 519. The van der Waals surface area contributed by atoms with Crippen molar-refractivity contribution < 1.29 is 0 Å². The van der Waals surface area contributed by atoms with Gasteiger partial charge in [0.05, 0.1) is 0 Å². The SMILES string of the molecule is Cc1cc(C)cc(C(N)(N)c2cc(C)cc(C)c2)c1. The Hall–Kier alpha value is -1.64. The molecule has 0 aliphatic rings. The molecule has 2 aromatic rings. The summed E-state index contributed by atoms with van der Waals surface area (Å²) in [5, 5.41) is 0. The van der Waals surface area contributed by atoms with Gasteiger partial charge in [0.25, 0.3) is 0 Å². The number of nitrogens with two attached hydrogens (primary N) is 2. The summed E-state index contributed by atoms with van der Waals surface area (Å²) in [5.41, 5.74) is 18.5. The third-order valence-electron chi connectivity index (χ3n) is 3.40. The van der Waals surface area contributed by atoms with Crippen LogP contribution >= 0.6 is 0 Å². The molecule has 0 amide bonds. The van der Waals surface area contributed by atoms with Crippen LogP contribution in [0.5, 0.6) is 0 Å². The summed E-state index contributed by atoms with van der Waals surface area (Å²) >= 11 is 0. The van der Waals surface area contributed by atoms with Gasteiger partial charge in [0, 0.05) is 0 Å². The lowest BCUT2D eigenvalue weighted by Gasteiger charge is -2.27. The van der Waals surface area contributed by atoms with Crippen LogP contribution in [-0.2, 0) is 5.66 Å². The predicted molar refractivity (Wildman–Crippen MR) is 81.0 cm³/mol. The molecule has 0 fully saturated rings. The van der Waals surface area contributed by atoms with Crippen molar-refractivity contribution in [1.29, 1.82) is 0 Å². The second-order valence-corrected chi connectivity index (χ2v) is 5.62. The largest absolute Gasteiger partial charge is 0.306 e. The molecule has 4 N–H and O–H groups in total. The minimum atomic E-state index is -0.951. The van der Waals surface area contributed by atoms with Crippen LogP contribution in [0, 0.1) is 27.7 Å². The first kappa shape index (κ1) is 13.8. The summed E-state index contributed by atoms with van der Waals surface area (Å²) in [6.45, 7) is 8.25. The van der Waals surface area contributed by atoms with Gasteiger partial charge in [-0.2, -0.15) is 0 Å². The quantitative estimate of drug-likeness (QED) is 0.809. The van der Waals surface area contributed by atoms with Crippen molar-refractivity contribution in [3.05, 3.63) is 69.8 Å². The molecule has 2 nitrogen and oxygen atoms in total. The van der Waals surface area contributed by atoms with Gasteiger partial charge in [-0.3, -0.25) is 0 Å². The lowest BCUT2D eigenvalue weighted by Crippen LogP contribution is -2.47. The van der Waals surface area contributed by atoms with Crippen molar-refractivity contribution in [1.82, 2.24) is 0 Å². The molecule has 0 unspecified atom stereocenters. The minimum absolute atomic E-state index is 0.951. The van der Waals surface area contributed by atoms with Gasteiger partial charge in [0.15, 0.2) is 0 Å². The summed E-state index contributed by atoms with van der Waals surface area (Å²) in [6.07, 6.45) is 0. The molecule has 100 valence electrons. The summed E-state index contributed by atoms with van der Waals surface area (Å²) in [4.78, 5) is 0. The Kier molecular flexibility index (Phi) is 3.48. The van der Waals surface area contributed by atoms with Gasteiger partial charge in [-0.1, -0.05) is 58.7 Å². The first-order valence-electron chi connectivity index (χ1n) is 6.54. The zero-order valence-electron chi connectivity index (χ0n) is 12.1. The molecular formula is C17H22N2. The normalized spacial score (nSPS) is 11.7.